The summed E-state index contributed by atoms with van der Waals surface area (Å²) >= 11 is 0. The number of furan rings is 1. The minimum absolute atomic E-state index is 0.201. The Morgan fingerprint density at radius 1 is 1.24 bits per heavy atom. The highest BCUT2D eigenvalue weighted by atomic mass is 16.5. The second-order valence-corrected chi connectivity index (χ2v) is 4.64. The lowest BCUT2D eigenvalue weighted by Gasteiger charge is -2.12. The van der Waals surface area contributed by atoms with Crippen molar-refractivity contribution < 1.29 is 13.9 Å². The monoisotopic (exact) mass is 288 g/mol. The molecule has 112 valence electrons. The van der Waals surface area contributed by atoms with Gasteiger partial charge in [-0.05, 0) is 24.3 Å². The van der Waals surface area contributed by atoms with Gasteiger partial charge < -0.3 is 20.2 Å². The summed E-state index contributed by atoms with van der Waals surface area (Å²) < 4.78 is 11.2. The van der Waals surface area contributed by atoms with E-state index in [1.165, 1.54) is 0 Å². The van der Waals surface area contributed by atoms with Crippen LogP contribution in [-0.4, -0.2) is 12.5 Å². The van der Waals surface area contributed by atoms with Crippen LogP contribution in [0.25, 0.3) is 0 Å². The summed E-state index contributed by atoms with van der Waals surface area (Å²) in [6.45, 7) is 2.91. The van der Waals surface area contributed by atoms with Gasteiger partial charge in [-0.1, -0.05) is 19.1 Å². The van der Waals surface area contributed by atoms with E-state index in [0.29, 0.717) is 12.3 Å². The van der Waals surface area contributed by atoms with Crippen molar-refractivity contribution >= 4 is 11.6 Å². The van der Waals surface area contributed by atoms with Crippen molar-refractivity contribution in [3.63, 3.8) is 0 Å². The quantitative estimate of drug-likeness (QED) is 0.783. The molecule has 0 atom stereocenters. The van der Waals surface area contributed by atoms with E-state index in [9.17, 15) is 4.79 Å². The Labute approximate surface area is 124 Å². The molecule has 2 aromatic rings. The van der Waals surface area contributed by atoms with Gasteiger partial charge in [0, 0.05) is 6.42 Å². The number of rotatable bonds is 8. The first-order valence-corrected chi connectivity index (χ1v) is 7.00. The number of amides is 1. The van der Waals surface area contributed by atoms with Crippen molar-refractivity contribution in [1.29, 1.82) is 0 Å². The smallest absolute Gasteiger partial charge is 0.220 e. The zero-order valence-electron chi connectivity index (χ0n) is 12.1. The van der Waals surface area contributed by atoms with E-state index in [2.05, 4.69) is 12.2 Å². The predicted octanol–water partition coefficient (Wildman–Crippen LogP) is 2.71. The average molecular weight is 288 g/mol. The van der Waals surface area contributed by atoms with Gasteiger partial charge in [0.15, 0.2) is 0 Å². The third kappa shape index (κ3) is 4.56. The van der Waals surface area contributed by atoms with Crippen LogP contribution in [0.5, 0.6) is 5.75 Å². The lowest BCUT2D eigenvalue weighted by Crippen LogP contribution is -2.15. The third-order valence-electron chi connectivity index (χ3n) is 3.01. The number of anilines is 1. The fourth-order valence-corrected chi connectivity index (χ4v) is 1.89. The Morgan fingerprint density at radius 2 is 2.00 bits per heavy atom. The van der Waals surface area contributed by atoms with Gasteiger partial charge in [-0.3, -0.25) is 4.79 Å². The Hall–Kier alpha value is -2.43. The molecule has 0 aliphatic heterocycles. The van der Waals surface area contributed by atoms with Crippen molar-refractivity contribution in [3.8, 4) is 5.75 Å². The number of hydrogen-bond donors (Lipinski definition) is 2. The number of aryl methyl sites for hydroxylation is 1. The average Bonchev–Trinajstić information content (AvgIpc) is 2.94. The second kappa shape index (κ2) is 7.38. The van der Waals surface area contributed by atoms with Crippen molar-refractivity contribution in [1.82, 2.24) is 0 Å². The molecule has 1 heterocycles. The van der Waals surface area contributed by atoms with E-state index in [0.717, 1.165) is 23.6 Å². The first kappa shape index (κ1) is 15.0. The first-order chi connectivity index (χ1) is 10.2. The normalized spacial score (nSPS) is 10.3. The minimum Gasteiger partial charge on any atom is -0.491 e. The summed E-state index contributed by atoms with van der Waals surface area (Å²) in [4.78, 5) is 10.7. The van der Waals surface area contributed by atoms with Crippen LogP contribution in [0.4, 0.5) is 5.69 Å². The summed E-state index contributed by atoms with van der Waals surface area (Å²) in [6, 6.07) is 11.5. The summed E-state index contributed by atoms with van der Waals surface area (Å²) in [7, 11) is 0. The number of ether oxygens (including phenoxy) is 1. The number of benzene rings is 1. The molecule has 0 radical (unpaired) electrons. The molecule has 0 unspecified atom stereocenters. The number of nitrogens with two attached hydrogens (primary N) is 1. The standard InChI is InChI=1S/C16H20N2O3/c1-2-12-7-8-13(21-12)11-18-14-5-3-4-6-15(14)20-10-9-16(17)19/h3-8,18H,2,9-11H2,1H3,(H2,17,19). The number of carbonyl (C=O) groups excluding carboxylic acids is 1. The summed E-state index contributed by atoms with van der Waals surface area (Å²) in [5.41, 5.74) is 5.96. The molecule has 5 heteroatoms. The van der Waals surface area contributed by atoms with Crippen LogP contribution in [-0.2, 0) is 17.8 Å². The topological polar surface area (TPSA) is 77.5 Å². The molecule has 0 spiro atoms. The predicted molar refractivity (Wildman–Crippen MR) is 81.2 cm³/mol. The van der Waals surface area contributed by atoms with E-state index in [1.54, 1.807) is 0 Å². The highest BCUT2D eigenvalue weighted by Crippen LogP contribution is 2.24. The van der Waals surface area contributed by atoms with Gasteiger partial charge in [-0.15, -0.1) is 0 Å². The van der Waals surface area contributed by atoms with E-state index in [4.69, 9.17) is 14.9 Å². The van der Waals surface area contributed by atoms with Crippen LogP contribution < -0.4 is 15.8 Å². The maximum absolute atomic E-state index is 10.7. The Balaban J connectivity index is 1.94. The second-order valence-electron chi connectivity index (χ2n) is 4.64. The number of carbonyl (C=O) groups is 1. The number of nitrogens with one attached hydrogen (secondary N) is 1. The summed E-state index contributed by atoms with van der Waals surface area (Å²) in [6.07, 6.45) is 1.08. The van der Waals surface area contributed by atoms with Gasteiger partial charge >= 0.3 is 0 Å². The Bertz CT molecular complexity index is 593. The summed E-state index contributed by atoms with van der Waals surface area (Å²) in [5, 5.41) is 3.27. The Kier molecular flexibility index (Phi) is 5.26. The lowest BCUT2D eigenvalue weighted by molar-refractivity contribution is -0.118. The molecular weight excluding hydrogens is 268 g/mol. The highest BCUT2D eigenvalue weighted by Gasteiger charge is 2.05. The van der Waals surface area contributed by atoms with Crippen LogP contribution in [0.2, 0.25) is 0 Å². The lowest BCUT2D eigenvalue weighted by atomic mass is 10.3. The maximum Gasteiger partial charge on any atom is 0.220 e. The van der Waals surface area contributed by atoms with Crippen molar-refractivity contribution in [2.75, 3.05) is 11.9 Å². The molecule has 3 N–H and O–H groups in total. The Morgan fingerprint density at radius 3 is 2.71 bits per heavy atom. The van der Waals surface area contributed by atoms with Crippen LogP contribution in [0.1, 0.15) is 24.9 Å². The van der Waals surface area contributed by atoms with Gasteiger partial charge in [0.05, 0.1) is 25.3 Å². The minimum atomic E-state index is -0.372. The molecule has 0 saturated heterocycles. The van der Waals surface area contributed by atoms with Crippen LogP contribution >= 0.6 is 0 Å². The van der Waals surface area contributed by atoms with Crippen LogP contribution in [0.3, 0.4) is 0 Å². The van der Waals surface area contributed by atoms with E-state index >= 15 is 0 Å². The van der Waals surface area contributed by atoms with Crippen LogP contribution in [0.15, 0.2) is 40.8 Å². The zero-order valence-corrected chi connectivity index (χ0v) is 12.1. The molecule has 0 aliphatic rings. The van der Waals surface area contributed by atoms with E-state index in [-0.39, 0.29) is 18.9 Å². The first-order valence-electron chi connectivity index (χ1n) is 7.00. The molecule has 1 aromatic heterocycles. The van der Waals surface area contributed by atoms with Gasteiger partial charge in [0.25, 0.3) is 0 Å². The fraction of sp³-hybridized carbons (Fsp3) is 0.312. The van der Waals surface area contributed by atoms with Gasteiger partial charge in [-0.2, -0.15) is 0 Å². The van der Waals surface area contributed by atoms with Crippen molar-refractivity contribution in [2.45, 2.75) is 26.3 Å². The molecule has 0 fully saturated rings. The molecule has 0 bridgehead atoms. The number of hydrogen-bond acceptors (Lipinski definition) is 4. The molecule has 0 saturated carbocycles. The molecular formula is C16H20N2O3. The fourth-order valence-electron chi connectivity index (χ4n) is 1.89. The molecule has 1 aromatic carbocycles. The maximum atomic E-state index is 10.7. The molecule has 5 nitrogen and oxygen atoms in total. The highest BCUT2D eigenvalue weighted by molar-refractivity contribution is 5.73. The number of primary amides is 1. The molecule has 21 heavy (non-hydrogen) atoms. The number of para-hydroxylation sites is 2. The van der Waals surface area contributed by atoms with Gasteiger partial charge in [0.1, 0.15) is 17.3 Å². The molecule has 2 rings (SSSR count). The van der Waals surface area contributed by atoms with Gasteiger partial charge in [-0.25, -0.2) is 0 Å². The van der Waals surface area contributed by atoms with E-state index in [1.807, 2.05) is 36.4 Å². The van der Waals surface area contributed by atoms with E-state index < -0.39 is 0 Å². The molecule has 1 amide bonds. The SMILES string of the molecule is CCc1ccc(CNc2ccccc2OCCC(N)=O)o1. The van der Waals surface area contributed by atoms with Crippen LogP contribution in [0, 0.1) is 0 Å². The third-order valence-corrected chi connectivity index (χ3v) is 3.01. The molecule has 0 aliphatic carbocycles. The van der Waals surface area contributed by atoms with Gasteiger partial charge in [0.2, 0.25) is 5.91 Å². The summed E-state index contributed by atoms with van der Waals surface area (Å²) in [5.74, 6) is 2.17. The van der Waals surface area contributed by atoms with Crippen molar-refractivity contribution in [3.05, 3.63) is 47.9 Å². The van der Waals surface area contributed by atoms with Crippen molar-refractivity contribution in [2.24, 2.45) is 5.73 Å². The largest absolute Gasteiger partial charge is 0.491 e. The zero-order chi connectivity index (χ0) is 15.1.